The Hall–Kier alpha value is -3.97. The smallest absolute Gasteiger partial charge is 0.343 e. The fraction of sp³-hybridized carbons (Fsp3) is 0. The summed E-state index contributed by atoms with van der Waals surface area (Å²) in [7, 11) is 0. The van der Waals surface area contributed by atoms with Crippen molar-refractivity contribution in [2.75, 3.05) is 5.32 Å². The molecule has 0 heterocycles. The molecule has 8 heteroatoms. The van der Waals surface area contributed by atoms with E-state index in [9.17, 15) is 14.4 Å². The van der Waals surface area contributed by atoms with Gasteiger partial charge in [-0.1, -0.05) is 41.9 Å². The van der Waals surface area contributed by atoms with Crippen LogP contribution in [0.5, 0.6) is 5.75 Å². The lowest BCUT2D eigenvalue weighted by Gasteiger charge is -2.07. The van der Waals surface area contributed by atoms with Crippen LogP contribution in [-0.2, 0) is 9.59 Å². The number of hydrogen-bond acceptors (Lipinski definition) is 5. The van der Waals surface area contributed by atoms with E-state index in [1.807, 2.05) is 0 Å². The average Bonchev–Trinajstić information content (AvgIpc) is 2.76. The molecule has 0 atom stereocenters. The number of nitrogens with one attached hydrogen (secondary N) is 2. The van der Waals surface area contributed by atoms with Gasteiger partial charge in [-0.15, -0.1) is 0 Å². The lowest BCUT2D eigenvalue weighted by atomic mass is 10.2. The van der Waals surface area contributed by atoms with Gasteiger partial charge in [0.2, 0.25) is 0 Å². The highest BCUT2D eigenvalue weighted by molar-refractivity contribution is 6.39. The summed E-state index contributed by atoms with van der Waals surface area (Å²) in [4.78, 5) is 36.0. The van der Waals surface area contributed by atoms with Crippen LogP contribution in [0.3, 0.4) is 0 Å². The van der Waals surface area contributed by atoms with Crippen molar-refractivity contribution in [3.8, 4) is 5.75 Å². The van der Waals surface area contributed by atoms with E-state index in [-0.39, 0.29) is 5.75 Å². The maximum atomic E-state index is 12.3. The molecule has 0 bridgehead atoms. The maximum absolute atomic E-state index is 12.3. The van der Waals surface area contributed by atoms with Gasteiger partial charge >= 0.3 is 17.8 Å². The number of rotatable bonds is 5. The van der Waals surface area contributed by atoms with E-state index in [0.717, 1.165) is 0 Å². The number of hydrazone groups is 1. The largest absolute Gasteiger partial charge is 0.422 e. The zero-order chi connectivity index (χ0) is 21.3. The molecule has 0 fully saturated rings. The van der Waals surface area contributed by atoms with E-state index >= 15 is 0 Å². The molecule has 3 aromatic rings. The summed E-state index contributed by atoms with van der Waals surface area (Å²) in [5.41, 5.74) is 3.38. The Morgan fingerprint density at radius 1 is 0.833 bits per heavy atom. The molecule has 0 spiro atoms. The number of anilines is 1. The molecule has 0 unspecified atom stereocenters. The summed E-state index contributed by atoms with van der Waals surface area (Å²) < 4.78 is 5.39. The van der Waals surface area contributed by atoms with Crippen LogP contribution in [0, 0.1) is 0 Å². The lowest BCUT2D eigenvalue weighted by Crippen LogP contribution is -2.32. The number of para-hydroxylation sites is 2. The standard InChI is InChI=1S/C22H16ClN3O4/c23-17-12-10-15(11-13-17)22(29)30-19-9-5-4-6-16(19)14-24-26-21(28)20(27)25-18-7-2-1-3-8-18/h1-14H,(H,25,27)(H,26,28)/b24-14-. The van der Waals surface area contributed by atoms with Crippen LogP contribution in [0.1, 0.15) is 15.9 Å². The molecule has 0 aliphatic heterocycles. The van der Waals surface area contributed by atoms with Crippen molar-refractivity contribution in [3.05, 3.63) is 95.0 Å². The molecular weight excluding hydrogens is 406 g/mol. The molecule has 0 aromatic heterocycles. The zero-order valence-electron chi connectivity index (χ0n) is 15.5. The predicted octanol–water partition coefficient (Wildman–Crippen LogP) is 3.65. The van der Waals surface area contributed by atoms with Crippen molar-refractivity contribution in [3.63, 3.8) is 0 Å². The molecule has 3 aromatic carbocycles. The Kier molecular flexibility index (Phi) is 6.91. The number of nitrogens with zero attached hydrogens (tertiary/aromatic N) is 1. The number of carbonyl (C=O) groups excluding carboxylic acids is 3. The fourth-order valence-electron chi connectivity index (χ4n) is 2.35. The molecule has 7 nitrogen and oxygen atoms in total. The Morgan fingerprint density at radius 3 is 2.23 bits per heavy atom. The summed E-state index contributed by atoms with van der Waals surface area (Å²) in [5, 5.41) is 6.71. The first-order valence-electron chi connectivity index (χ1n) is 8.79. The van der Waals surface area contributed by atoms with Crippen molar-refractivity contribution in [1.29, 1.82) is 0 Å². The molecule has 30 heavy (non-hydrogen) atoms. The number of hydrogen-bond donors (Lipinski definition) is 2. The first kappa shape index (κ1) is 20.8. The van der Waals surface area contributed by atoms with Crippen molar-refractivity contribution in [2.45, 2.75) is 0 Å². The summed E-state index contributed by atoms with van der Waals surface area (Å²) in [6.45, 7) is 0. The monoisotopic (exact) mass is 421 g/mol. The van der Waals surface area contributed by atoms with E-state index in [1.54, 1.807) is 78.9 Å². The molecule has 0 radical (unpaired) electrons. The van der Waals surface area contributed by atoms with Crippen LogP contribution < -0.4 is 15.5 Å². The van der Waals surface area contributed by atoms with Crippen LogP contribution in [0.25, 0.3) is 0 Å². The van der Waals surface area contributed by atoms with Crippen LogP contribution in [-0.4, -0.2) is 24.0 Å². The topological polar surface area (TPSA) is 96.9 Å². The Balaban J connectivity index is 1.62. The first-order chi connectivity index (χ1) is 14.5. The molecule has 2 amide bonds. The summed E-state index contributed by atoms with van der Waals surface area (Å²) in [6, 6.07) is 21.4. The minimum atomic E-state index is -0.939. The van der Waals surface area contributed by atoms with Crippen molar-refractivity contribution in [1.82, 2.24) is 5.43 Å². The zero-order valence-corrected chi connectivity index (χ0v) is 16.3. The third kappa shape index (κ3) is 5.76. The van der Waals surface area contributed by atoms with Gasteiger partial charge in [0.1, 0.15) is 5.75 Å². The summed E-state index contributed by atoms with van der Waals surface area (Å²) >= 11 is 5.82. The van der Waals surface area contributed by atoms with E-state index < -0.39 is 17.8 Å². The second kappa shape index (κ2) is 9.99. The molecule has 0 aliphatic carbocycles. The lowest BCUT2D eigenvalue weighted by molar-refractivity contribution is -0.136. The first-order valence-corrected chi connectivity index (χ1v) is 9.17. The third-order valence-corrected chi connectivity index (χ3v) is 4.06. The maximum Gasteiger partial charge on any atom is 0.343 e. The quantitative estimate of drug-likeness (QED) is 0.216. The predicted molar refractivity (Wildman–Crippen MR) is 114 cm³/mol. The number of esters is 1. The van der Waals surface area contributed by atoms with Gasteiger partial charge in [-0.05, 0) is 48.5 Å². The highest BCUT2D eigenvalue weighted by atomic mass is 35.5. The summed E-state index contributed by atoms with van der Waals surface area (Å²) in [6.07, 6.45) is 1.28. The number of carbonyl (C=O) groups is 3. The third-order valence-electron chi connectivity index (χ3n) is 3.81. The number of halogens is 1. The molecule has 3 rings (SSSR count). The summed E-state index contributed by atoms with van der Waals surface area (Å²) in [5.74, 6) is -2.13. The van der Waals surface area contributed by atoms with Crippen molar-refractivity contribution < 1.29 is 19.1 Å². The number of amides is 2. The molecule has 0 saturated carbocycles. The van der Waals surface area contributed by atoms with E-state index in [2.05, 4.69) is 15.8 Å². The number of ether oxygens (including phenoxy) is 1. The average molecular weight is 422 g/mol. The fourth-order valence-corrected chi connectivity index (χ4v) is 2.47. The van der Waals surface area contributed by atoms with Gasteiger partial charge in [0.05, 0.1) is 11.8 Å². The second-order valence-corrected chi connectivity index (χ2v) is 6.39. The Labute approximate surface area is 177 Å². The van der Waals surface area contributed by atoms with Crippen molar-refractivity contribution >= 4 is 41.3 Å². The number of benzene rings is 3. The second-order valence-electron chi connectivity index (χ2n) is 5.95. The SMILES string of the molecule is O=C(N/N=C\c1ccccc1OC(=O)c1ccc(Cl)cc1)C(=O)Nc1ccccc1. The molecule has 0 saturated heterocycles. The van der Waals surface area contributed by atoms with Gasteiger partial charge in [-0.3, -0.25) is 9.59 Å². The molecule has 2 N–H and O–H groups in total. The highest BCUT2D eigenvalue weighted by Gasteiger charge is 2.13. The van der Waals surface area contributed by atoms with Crippen LogP contribution >= 0.6 is 11.6 Å². The van der Waals surface area contributed by atoms with E-state index in [4.69, 9.17) is 16.3 Å². The van der Waals surface area contributed by atoms with Crippen molar-refractivity contribution in [2.24, 2.45) is 5.10 Å². The minimum Gasteiger partial charge on any atom is -0.422 e. The molecule has 0 aliphatic rings. The van der Waals surface area contributed by atoms with Gasteiger partial charge < -0.3 is 10.1 Å². The van der Waals surface area contributed by atoms with Crippen LogP contribution in [0.15, 0.2) is 84.0 Å². The van der Waals surface area contributed by atoms with Gasteiger partial charge in [0, 0.05) is 16.3 Å². The van der Waals surface area contributed by atoms with Crippen LogP contribution in [0.4, 0.5) is 5.69 Å². The Morgan fingerprint density at radius 2 is 1.50 bits per heavy atom. The normalized spacial score (nSPS) is 10.4. The van der Waals surface area contributed by atoms with Gasteiger partial charge in [0.15, 0.2) is 0 Å². The van der Waals surface area contributed by atoms with Crippen LogP contribution in [0.2, 0.25) is 5.02 Å². The van der Waals surface area contributed by atoms with Gasteiger partial charge in [-0.25, -0.2) is 10.2 Å². The molecular formula is C22H16ClN3O4. The van der Waals surface area contributed by atoms with Gasteiger partial charge in [0.25, 0.3) is 0 Å². The minimum absolute atomic E-state index is 0.240. The Bertz CT molecular complexity index is 1080. The van der Waals surface area contributed by atoms with Gasteiger partial charge in [-0.2, -0.15) is 5.10 Å². The highest BCUT2D eigenvalue weighted by Crippen LogP contribution is 2.18. The van der Waals surface area contributed by atoms with E-state index in [0.29, 0.717) is 21.8 Å². The van der Waals surface area contributed by atoms with E-state index in [1.165, 1.54) is 6.21 Å². The molecule has 150 valence electrons.